The van der Waals surface area contributed by atoms with E-state index < -0.39 is 0 Å². The molecule has 0 atom stereocenters. The molecule has 21 heavy (non-hydrogen) atoms. The van der Waals surface area contributed by atoms with E-state index in [0.717, 1.165) is 32.4 Å². The zero-order valence-electron chi connectivity index (χ0n) is 12.5. The van der Waals surface area contributed by atoms with Crippen LogP contribution >= 0.6 is 0 Å². The topological polar surface area (TPSA) is 91.8 Å². The number of amidine groups is 1. The van der Waals surface area contributed by atoms with Crippen LogP contribution in [0.3, 0.4) is 0 Å². The fourth-order valence-corrected chi connectivity index (χ4v) is 2.52. The Bertz CT molecular complexity index is 537. The van der Waals surface area contributed by atoms with Gasteiger partial charge in [-0.1, -0.05) is 19.0 Å². The summed E-state index contributed by atoms with van der Waals surface area (Å²) in [7, 11) is 0. The summed E-state index contributed by atoms with van der Waals surface area (Å²) in [6.45, 7) is 6.01. The molecule has 1 aromatic rings. The van der Waals surface area contributed by atoms with Crippen LogP contribution in [0.2, 0.25) is 0 Å². The van der Waals surface area contributed by atoms with Crippen LogP contribution in [0.15, 0.2) is 23.5 Å². The molecule has 0 saturated carbocycles. The minimum atomic E-state index is -0.0567. The summed E-state index contributed by atoms with van der Waals surface area (Å²) >= 11 is 0. The lowest BCUT2D eigenvalue weighted by atomic mass is 9.85. The normalized spacial score (nSPS) is 19.1. The maximum Gasteiger partial charge on any atom is 0.272 e. The van der Waals surface area contributed by atoms with Gasteiger partial charge in [-0.25, -0.2) is 0 Å². The van der Waals surface area contributed by atoms with Crippen LogP contribution < -0.4 is 5.73 Å². The molecule has 2 rings (SSSR count). The van der Waals surface area contributed by atoms with Gasteiger partial charge >= 0.3 is 0 Å². The van der Waals surface area contributed by atoms with Crippen LogP contribution in [0, 0.1) is 5.41 Å². The van der Waals surface area contributed by atoms with Gasteiger partial charge in [-0.3, -0.25) is 9.78 Å². The molecule has 1 aromatic heterocycles. The summed E-state index contributed by atoms with van der Waals surface area (Å²) < 4.78 is 0. The van der Waals surface area contributed by atoms with Crippen molar-refractivity contribution in [2.24, 2.45) is 16.3 Å². The molecule has 0 spiro atoms. The van der Waals surface area contributed by atoms with Crippen molar-refractivity contribution in [2.45, 2.75) is 33.1 Å². The molecule has 6 heteroatoms. The fourth-order valence-electron chi connectivity index (χ4n) is 2.52. The highest BCUT2D eigenvalue weighted by atomic mass is 16.4. The molecule has 1 saturated heterocycles. The number of likely N-dealkylation sites (tertiary alicyclic amines) is 1. The van der Waals surface area contributed by atoms with Crippen molar-refractivity contribution in [1.82, 2.24) is 9.88 Å². The Labute approximate surface area is 124 Å². The van der Waals surface area contributed by atoms with Gasteiger partial charge < -0.3 is 15.8 Å². The Hall–Kier alpha value is -2.11. The molecule has 0 bridgehead atoms. The summed E-state index contributed by atoms with van der Waals surface area (Å²) in [5.41, 5.74) is 6.65. The second-order valence-electron chi connectivity index (χ2n) is 6.23. The molecule has 0 aromatic carbocycles. The average Bonchev–Trinajstić information content (AvgIpc) is 2.66. The quantitative estimate of drug-likeness (QED) is 0.376. The Morgan fingerprint density at radius 2 is 2.14 bits per heavy atom. The van der Waals surface area contributed by atoms with Crippen molar-refractivity contribution >= 4 is 11.7 Å². The van der Waals surface area contributed by atoms with Gasteiger partial charge in [0.2, 0.25) is 0 Å². The van der Waals surface area contributed by atoms with E-state index in [1.165, 1.54) is 6.20 Å². The Balaban J connectivity index is 2.09. The first-order valence-corrected chi connectivity index (χ1v) is 7.16. The lowest BCUT2D eigenvalue weighted by Gasteiger charge is -2.23. The van der Waals surface area contributed by atoms with Crippen LogP contribution in [0.5, 0.6) is 0 Å². The molecule has 0 unspecified atom stereocenters. The number of hydrogen-bond donors (Lipinski definition) is 2. The number of rotatable bonds is 2. The first-order valence-electron chi connectivity index (χ1n) is 7.16. The molecule has 6 nitrogen and oxygen atoms in total. The number of pyridine rings is 1. The summed E-state index contributed by atoms with van der Waals surface area (Å²) in [6, 6.07) is 3.25. The highest BCUT2D eigenvalue weighted by molar-refractivity contribution is 5.98. The number of carbonyl (C=O) groups is 1. The summed E-state index contributed by atoms with van der Waals surface area (Å²) in [5, 5.41) is 11.5. The molecule has 1 fully saturated rings. The molecule has 1 amide bonds. The van der Waals surface area contributed by atoms with E-state index in [9.17, 15) is 4.79 Å². The van der Waals surface area contributed by atoms with Crippen molar-refractivity contribution in [3.05, 3.63) is 29.6 Å². The molecule has 2 heterocycles. The smallest absolute Gasteiger partial charge is 0.272 e. The third-order valence-corrected chi connectivity index (χ3v) is 4.01. The molecule has 1 aliphatic heterocycles. The van der Waals surface area contributed by atoms with Crippen molar-refractivity contribution in [2.75, 3.05) is 13.1 Å². The predicted octanol–water partition coefficient (Wildman–Crippen LogP) is 1.83. The summed E-state index contributed by atoms with van der Waals surface area (Å²) in [5.74, 6) is -0.0724. The molecule has 3 N–H and O–H groups in total. The molecular formula is C15H22N4O2. The van der Waals surface area contributed by atoms with Gasteiger partial charge in [0.1, 0.15) is 5.69 Å². The third-order valence-electron chi connectivity index (χ3n) is 4.01. The van der Waals surface area contributed by atoms with E-state index in [4.69, 9.17) is 10.9 Å². The fraction of sp³-hybridized carbons (Fsp3) is 0.533. The number of hydrogen-bond acceptors (Lipinski definition) is 4. The Kier molecular flexibility index (Phi) is 4.45. The van der Waals surface area contributed by atoms with Gasteiger partial charge in [0, 0.05) is 24.8 Å². The van der Waals surface area contributed by atoms with E-state index in [-0.39, 0.29) is 11.7 Å². The van der Waals surface area contributed by atoms with Crippen molar-refractivity contribution in [3.63, 3.8) is 0 Å². The average molecular weight is 290 g/mol. The molecule has 114 valence electrons. The van der Waals surface area contributed by atoms with Gasteiger partial charge in [0.25, 0.3) is 5.91 Å². The number of oxime groups is 1. The van der Waals surface area contributed by atoms with Crippen LogP contribution in [0.25, 0.3) is 0 Å². The zero-order valence-corrected chi connectivity index (χ0v) is 12.5. The standard InChI is InChI=1S/C15H22N4O2/c1-15(2)6-3-8-19(9-7-15)14(20)12-5-4-11(10-17-12)13(16)18-21/h4-5,10,21H,3,6-9H2,1-2H3,(H2,16,18). The van der Waals surface area contributed by atoms with E-state index in [1.807, 2.05) is 4.90 Å². The minimum absolute atomic E-state index is 0.0157. The Morgan fingerprint density at radius 3 is 2.76 bits per heavy atom. The zero-order chi connectivity index (χ0) is 15.5. The maximum absolute atomic E-state index is 12.5. The van der Waals surface area contributed by atoms with Crippen LogP contribution in [0.4, 0.5) is 0 Å². The SMILES string of the molecule is CC1(C)CCCN(C(=O)c2ccc(C(N)=NO)cn2)CC1. The minimum Gasteiger partial charge on any atom is -0.409 e. The lowest BCUT2D eigenvalue weighted by molar-refractivity contribution is 0.0751. The second-order valence-corrected chi connectivity index (χ2v) is 6.23. The van der Waals surface area contributed by atoms with Gasteiger partial charge in [0.05, 0.1) is 0 Å². The lowest BCUT2D eigenvalue weighted by Crippen LogP contribution is -2.33. The summed E-state index contributed by atoms with van der Waals surface area (Å²) in [6.07, 6.45) is 4.60. The number of amides is 1. The highest BCUT2D eigenvalue weighted by Gasteiger charge is 2.26. The van der Waals surface area contributed by atoms with E-state index >= 15 is 0 Å². The van der Waals surface area contributed by atoms with Gasteiger partial charge in [-0.05, 0) is 36.8 Å². The molecule has 1 aliphatic rings. The third kappa shape index (κ3) is 3.71. The number of carbonyl (C=O) groups excluding carboxylic acids is 1. The van der Waals surface area contributed by atoms with Crippen LogP contribution in [-0.2, 0) is 0 Å². The monoisotopic (exact) mass is 290 g/mol. The van der Waals surface area contributed by atoms with Crippen molar-refractivity contribution in [3.8, 4) is 0 Å². The molecular weight excluding hydrogens is 268 g/mol. The van der Waals surface area contributed by atoms with Crippen LogP contribution in [-0.4, -0.2) is 39.9 Å². The number of nitrogens with two attached hydrogens (primary N) is 1. The molecule has 0 aliphatic carbocycles. The van der Waals surface area contributed by atoms with E-state index in [0.29, 0.717) is 16.7 Å². The molecule has 0 radical (unpaired) electrons. The van der Waals surface area contributed by atoms with Gasteiger partial charge in [0.15, 0.2) is 5.84 Å². The van der Waals surface area contributed by atoms with Gasteiger partial charge in [-0.2, -0.15) is 0 Å². The van der Waals surface area contributed by atoms with Crippen molar-refractivity contribution < 1.29 is 10.0 Å². The van der Waals surface area contributed by atoms with E-state index in [1.54, 1.807) is 12.1 Å². The van der Waals surface area contributed by atoms with Gasteiger partial charge in [-0.15, -0.1) is 0 Å². The summed E-state index contributed by atoms with van der Waals surface area (Å²) in [4.78, 5) is 18.5. The second kappa shape index (κ2) is 6.11. The largest absolute Gasteiger partial charge is 0.409 e. The van der Waals surface area contributed by atoms with E-state index in [2.05, 4.69) is 24.0 Å². The number of aromatic nitrogens is 1. The maximum atomic E-state index is 12.5. The number of nitrogens with zero attached hydrogens (tertiary/aromatic N) is 3. The predicted molar refractivity (Wildman–Crippen MR) is 80.3 cm³/mol. The first kappa shape index (κ1) is 15.3. The van der Waals surface area contributed by atoms with Crippen molar-refractivity contribution in [1.29, 1.82) is 0 Å². The first-order chi connectivity index (χ1) is 9.93. The van der Waals surface area contributed by atoms with Crippen LogP contribution in [0.1, 0.15) is 49.2 Å². The Morgan fingerprint density at radius 1 is 1.38 bits per heavy atom. The highest BCUT2D eigenvalue weighted by Crippen LogP contribution is 2.30.